The SMILES string of the molecule is CCc1ccc2nc(N(CCN3CCOCC3)C(=O)c3ccc(Br)s3)sc2c1.Cl. The number of halogens is 2. The summed E-state index contributed by atoms with van der Waals surface area (Å²) in [5.74, 6) is 0.0127. The van der Waals surface area contributed by atoms with E-state index in [0.29, 0.717) is 6.54 Å². The number of benzene rings is 1. The van der Waals surface area contributed by atoms with Gasteiger partial charge in [-0.3, -0.25) is 14.6 Å². The van der Waals surface area contributed by atoms with Crippen molar-refractivity contribution in [3.05, 3.63) is 44.6 Å². The molecule has 0 unspecified atom stereocenters. The molecule has 9 heteroatoms. The number of nitrogens with zero attached hydrogens (tertiary/aromatic N) is 3. The lowest BCUT2D eigenvalue weighted by atomic mass is 10.2. The summed E-state index contributed by atoms with van der Waals surface area (Å²) < 4.78 is 7.53. The molecule has 0 N–H and O–H groups in total. The van der Waals surface area contributed by atoms with E-state index < -0.39 is 0 Å². The number of carbonyl (C=O) groups is 1. The number of thiazole rings is 1. The van der Waals surface area contributed by atoms with E-state index in [1.807, 2.05) is 17.0 Å². The smallest absolute Gasteiger partial charge is 0.270 e. The summed E-state index contributed by atoms with van der Waals surface area (Å²) in [4.78, 5) is 23.0. The van der Waals surface area contributed by atoms with Crippen LogP contribution in [0.1, 0.15) is 22.2 Å². The van der Waals surface area contributed by atoms with Gasteiger partial charge in [0.15, 0.2) is 5.13 Å². The van der Waals surface area contributed by atoms with Crippen molar-refractivity contribution in [2.75, 3.05) is 44.3 Å². The van der Waals surface area contributed by atoms with Crippen molar-refractivity contribution in [2.45, 2.75) is 13.3 Å². The van der Waals surface area contributed by atoms with Gasteiger partial charge in [0.2, 0.25) is 0 Å². The minimum atomic E-state index is 0. The molecule has 1 aliphatic rings. The molecule has 0 saturated carbocycles. The third-order valence-corrected chi connectivity index (χ3v) is 7.51. The number of morpholine rings is 1. The Balaban J connectivity index is 0.00000240. The van der Waals surface area contributed by atoms with Crippen molar-refractivity contribution in [3.63, 3.8) is 0 Å². The molecule has 2 aromatic heterocycles. The molecule has 3 heterocycles. The number of aromatic nitrogens is 1. The standard InChI is InChI=1S/C20H22BrN3O2S2.ClH/c1-2-14-3-4-15-17(13-14)28-20(22-15)24(8-7-23-9-11-26-12-10-23)19(25)16-5-6-18(21)27-16;/h3-6,13H,2,7-12H2,1H3;1H. The molecule has 1 fully saturated rings. The maximum Gasteiger partial charge on any atom is 0.270 e. The van der Waals surface area contributed by atoms with Crippen LogP contribution in [0.2, 0.25) is 0 Å². The second-order valence-corrected chi connectivity index (χ2v) is 10.1. The van der Waals surface area contributed by atoms with Gasteiger partial charge in [0.1, 0.15) is 0 Å². The van der Waals surface area contributed by atoms with E-state index in [9.17, 15) is 4.79 Å². The van der Waals surface area contributed by atoms with Crippen LogP contribution in [0.5, 0.6) is 0 Å². The third kappa shape index (κ3) is 5.37. The molecule has 0 atom stereocenters. The second kappa shape index (κ2) is 10.3. The molecule has 0 aliphatic carbocycles. The second-order valence-electron chi connectivity index (χ2n) is 6.67. The Morgan fingerprint density at radius 1 is 1.24 bits per heavy atom. The number of anilines is 1. The number of hydrogen-bond acceptors (Lipinski definition) is 6. The molecule has 1 aliphatic heterocycles. The molecule has 3 aromatic rings. The highest BCUT2D eigenvalue weighted by Crippen LogP contribution is 2.32. The van der Waals surface area contributed by atoms with Crippen LogP contribution in [0.4, 0.5) is 5.13 Å². The van der Waals surface area contributed by atoms with E-state index >= 15 is 0 Å². The van der Waals surface area contributed by atoms with Crippen LogP contribution in [0.3, 0.4) is 0 Å². The quantitative estimate of drug-likeness (QED) is 0.458. The number of thiophene rings is 1. The fourth-order valence-electron chi connectivity index (χ4n) is 3.20. The van der Waals surface area contributed by atoms with E-state index in [-0.39, 0.29) is 18.3 Å². The molecule has 1 aromatic carbocycles. The van der Waals surface area contributed by atoms with Gasteiger partial charge in [0.25, 0.3) is 5.91 Å². The van der Waals surface area contributed by atoms with Gasteiger partial charge in [-0.2, -0.15) is 0 Å². The van der Waals surface area contributed by atoms with E-state index in [4.69, 9.17) is 9.72 Å². The van der Waals surface area contributed by atoms with Crippen molar-refractivity contribution in [1.82, 2.24) is 9.88 Å². The Hall–Kier alpha value is -1.03. The molecule has 29 heavy (non-hydrogen) atoms. The summed E-state index contributed by atoms with van der Waals surface area (Å²) in [7, 11) is 0. The molecular formula is C20H23BrClN3O2S2. The maximum absolute atomic E-state index is 13.3. The van der Waals surface area contributed by atoms with Crippen LogP contribution < -0.4 is 4.90 Å². The fraction of sp³-hybridized carbons (Fsp3) is 0.400. The summed E-state index contributed by atoms with van der Waals surface area (Å²) >= 11 is 6.52. The molecule has 0 spiro atoms. The Labute approximate surface area is 193 Å². The first-order valence-corrected chi connectivity index (χ1v) is 11.8. The average molecular weight is 517 g/mol. The van der Waals surface area contributed by atoms with E-state index in [1.54, 1.807) is 11.3 Å². The lowest BCUT2D eigenvalue weighted by Gasteiger charge is -2.29. The van der Waals surface area contributed by atoms with Crippen LogP contribution >= 0.6 is 51.0 Å². The van der Waals surface area contributed by atoms with Crippen molar-refractivity contribution >= 4 is 72.3 Å². The topological polar surface area (TPSA) is 45.7 Å². The Morgan fingerprint density at radius 3 is 2.72 bits per heavy atom. The summed E-state index contributed by atoms with van der Waals surface area (Å²) in [6, 6.07) is 10.1. The van der Waals surface area contributed by atoms with Crippen LogP contribution in [0, 0.1) is 0 Å². The highest BCUT2D eigenvalue weighted by atomic mass is 79.9. The first-order chi connectivity index (χ1) is 13.6. The van der Waals surface area contributed by atoms with Crippen LogP contribution in [-0.4, -0.2) is 55.2 Å². The van der Waals surface area contributed by atoms with E-state index in [0.717, 1.165) is 63.3 Å². The summed E-state index contributed by atoms with van der Waals surface area (Å²) in [5, 5.41) is 0.769. The first kappa shape index (κ1) is 22.7. The first-order valence-electron chi connectivity index (χ1n) is 9.41. The number of hydrogen-bond donors (Lipinski definition) is 0. The number of fused-ring (bicyclic) bond motifs is 1. The normalized spacial score (nSPS) is 14.7. The Bertz CT molecular complexity index is 972. The third-order valence-electron chi connectivity index (χ3n) is 4.85. The number of aryl methyl sites for hydroxylation is 1. The van der Waals surface area contributed by atoms with Gasteiger partial charge in [0, 0.05) is 26.2 Å². The van der Waals surface area contributed by atoms with Crippen molar-refractivity contribution in [3.8, 4) is 0 Å². The van der Waals surface area contributed by atoms with Crippen LogP contribution in [0.15, 0.2) is 34.1 Å². The minimum absolute atomic E-state index is 0. The minimum Gasteiger partial charge on any atom is -0.379 e. The van der Waals surface area contributed by atoms with Gasteiger partial charge < -0.3 is 4.74 Å². The summed E-state index contributed by atoms with van der Waals surface area (Å²) in [6.07, 6.45) is 0.992. The lowest BCUT2D eigenvalue weighted by molar-refractivity contribution is 0.0391. The van der Waals surface area contributed by atoms with Gasteiger partial charge in [-0.25, -0.2) is 4.98 Å². The zero-order valence-corrected chi connectivity index (χ0v) is 20.1. The average Bonchev–Trinajstić information content (AvgIpc) is 3.34. The zero-order chi connectivity index (χ0) is 19.5. The van der Waals surface area contributed by atoms with Gasteiger partial charge in [-0.15, -0.1) is 23.7 Å². The molecule has 156 valence electrons. The molecule has 4 rings (SSSR count). The highest BCUT2D eigenvalue weighted by Gasteiger charge is 2.24. The monoisotopic (exact) mass is 515 g/mol. The predicted molar refractivity (Wildman–Crippen MR) is 127 cm³/mol. The van der Waals surface area contributed by atoms with Gasteiger partial charge in [-0.05, 0) is 52.2 Å². The van der Waals surface area contributed by atoms with Crippen molar-refractivity contribution < 1.29 is 9.53 Å². The number of amides is 1. The molecular weight excluding hydrogens is 494 g/mol. The summed E-state index contributed by atoms with van der Waals surface area (Å²) in [6.45, 7) is 6.92. The molecule has 5 nitrogen and oxygen atoms in total. The molecule has 1 saturated heterocycles. The lowest BCUT2D eigenvalue weighted by Crippen LogP contribution is -2.43. The largest absolute Gasteiger partial charge is 0.379 e. The maximum atomic E-state index is 13.3. The number of carbonyl (C=O) groups excluding carboxylic acids is 1. The van der Waals surface area contributed by atoms with Crippen molar-refractivity contribution in [2.24, 2.45) is 0 Å². The van der Waals surface area contributed by atoms with Gasteiger partial charge in [-0.1, -0.05) is 24.3 Å². The number of ether oxygens (including phenoxy) is 1. The molecule has 0 bridgehead atoms. The highest BCUT2D eigenvalue weighted by molar-refractivity contribution is 9.11. The Morgan fingerprint density at radius 2 is 2.03 bits per heavy atom. The fourth-order valence-corrected chi connectivity index (χ4v) is 5.59. The van der Waals surface area contributed by atoms with Crippen LogP contribution in [0.25, 0.3) is 10.2 Å². The molecule has 1 amide bonds. The summed E-state index contributed by atoms with van der Waals surface area (Å²) in [5.41, 5.74) is 2.24. The van der Waals surface area contributed by atoms with Crippen molar-refractivity contribution in [1.29, 1.82) is 0 Å². The predicted octanol–water partition coefficient (Wildman–Crippen LogP) is 5.08. The van der Waals surface area contributed by atoms with E-state index in [1.165, 1.54) is 16.9 Å². The van der Waals surface area contributed by atoms with E-state index in [2.05, 4.69) is 46.0 Å². The Kier molecular flexibility index (Phi) is 8.07. The number of rotatable bonds is 6. The zero-order valence-electron chi connectivity index (χ0n) is 16.1. The molecule has 0 radical (unpaired) electrons. The van der Waals surface area contributed by atoms with Gasteiger partial charge >= 0.3 is 0 Å². The van der Waals surface area contributed by atoms with Gasteiger partial charge in [0.05, 0.1) is 32.1 Å². The van der Waals surface area contributed by atoms with Crippen LogP contribution in [-0.2, 0) is 11.2 Å².